The van der Waals surface area contributed by atoms with Crippen LogP contribution in [0.25, 0.3) is 0 Å². The van der Waals surface area contributed by atoms with E-state index in [9.17, 15) is 8.42 Å². The maximum absolute atomic E-state index is 11.1. The van der Waals surface area contributed by atoms with Crippen molar-refractivity contribution in [2.24, 2.45) is 0 Å². The van der Waals surface area contributed by atoms with E-state index >= 15 is 0 Å². The number of allylic oxidation sites excluding steroid dienone is 1. The summed E-state index contributed by atoms with van der Waals surface area (Å²) in [6, 6.07) is 0. The Morgan fingerprint density at radius 2 is 1.47 bits per heavy atom. The fraction of sp³-hybridized carbons (Fsp3) is 0.833. The van der Waals surface area contributed by atoms with Crippen LogP contribution in [0.5, 0.6) is 0 Å². The lowest BCUT2D eigenvalue weighted by Gasteiger charge is -1.99. The van der Waals surface area contributed by atoms with Crippen LogP contribution in [0.3, 0.4) is 0 Å². The van der Waals surface area contributed by atoms with Crippen LogP contribution in [-0.4, -0.2) is 24.8 Å². The number of unbranched alkanes of at least 4 members (excludes halogenated alkanes) is 7. The van der Waals surface area contributed by atoms with Crippen LogP contribution in [0.15, 0.2) is 11.5 Å². The predicted molar refractivity (Wildman–Crippen MR) is 75.9 cm³/mol. The average Bonchev–Trinajstić information content (AvgIpc) is 2.31. The van der Waals surface area contributed by atoms with Gasteiger partial charge < -0.3 is 5.11 Å². The summed E-state index contributed by atoms with van der Waals surface area (Å²) >= 11 is 2.94. The molecular formula is C12H23BrO3S. The SMILES string of the molecule is O=S(=O)(C=CCCCCCCCCCO)CBr. The first kappa shape index (κ1) is 17.1. The van der Waals surface area contributed by atoms with Gasteiger partial charge in [0.1, 0.15) is 4.66 Å². The zero-order valence-corrected chi connectivity index (χ0v) is 12.7. The van der Waals surface area contributed by atoms with Crippen LogP contribution in [-0.2, 0) is 9.84 Å². The Labute approximate surface area is 113 Å². The number of hydrogen-bond donors (Lipinski definition) is 1. The smallest absolute Gasteiger partial charge is 0.181 e. The molecule has 0 aromatic rings. The quantitative estimate of drug-likeness (QED) is 0.467. The summed E-state index contributed by atoms with van der Waals surface area (Å²) in [5, 5.41) is 9.89. The molecule has 0 aromatic heterocycles. The summed E-state index contributed by atoms with van der Waals surface area (Å²) in [4.78, 5) is 0. The summed E-state index contributed by atoms with van der Waals surface area (Å²) in [7, 11) is -3.01. The number of alkyl halides is 1. The lowest BCUT2D eigenvalue weighted by atomic mass is 10.1. The molecule has 0 heterocycles. The second-order valence-electron chi connectivity index (χ2n) is 4.13. The molecule has 0 saturated carbocycles. The van der Waals surface area contributed by atoms with E-state index in [0.717, 1.165) is 32.1 Å². The first-order chi connectivity index (χ1) is 8.12. The van der Waals surface area contributed by atoms with Crippen molar-refractivity contribution >= 4 is 25.8 Å². The van der Waals surface area contributed by atoms with Gasteiger partial charge in [-0.1, -0.05) is 54.1 Å². The number of rotatable bonds is 11. The molecule has 0 aromatic carbocycles. The molecule has 5 heteroatoms. The molecule has 102 valence electrons. The number of aliphatic hydroxyl groups excluding tert-OH is 1. The van der Waals surface area contributed by atoms with Crippen molar-refractivity contribution in [3.63, 3.8) is 0 Å². The largest absolute Gasteiger partial charge is 0.396 e. The van der Waals surface area contributed by atoms with Crippen LogP contribution in [0.2, 0.25) is 0 Å². The maximum Gasteiger partial charge on any atom is 0.181 e. The summed E-state index contributed by atoms with van der Waals surface area (Å²) in [5.74, 6) is 0. The number of hydrogen-bond acceptors (Lipinski definition) is 3. The molecule has 0 rings (SSSR count). The summed E-state index contributed by atoms with van der Waals surface area (Å²) in [5.41, 5.74) is 0. The van der Waals surface area contributed by atoms with Crippen LogP contribution in [0.1, 0.15) is 51.4 Å². The van der Waals surface area contributed by atoms with Gasteiger partial charge in [-0.3, -0.25) is 0 Å². The third-order valence-corrected chi connectivity index (χ3v) is 5.31. The molecule has 0 aliphatic heterocycles. The first-order valence-electron chi connectivity index (χ1n) is 6.18. The van der Waals surface area contributed by atoms with Crippen LogP contribution >= 0.6 is 15.9 Å². The zero-order valence-electron chi connectivity index (χ0n) is 10.3. The lowest BCUT2D eigenvalue weighted by Crippen LogP contribution is -1.94. The monoisotopic (exact) mass is 326 g/mol. The van der Waals surface area contributed by atoms with Gasteiger partial charge in [-0.05, 0) is 19.3 Å². The topological polar surface area (TPSA) is 54.4 Å². The van der Waals surface area contributed by atoms with Crippen LogP contribution in [0.4, 0.5) is 0 Å². The fourth-order valence-corrected chi connectivity index (χ4v) is 2.47. The average molecular weight is 327 g/mol. The molecular weight excluding hydrogens is 304 g/mol. The van der Waals surface area contributed by atoms with E-state index in [1.807, 2.05) is 0 Å². The molecule has 0 bridgehead atoms. The minimum atomic E-state index is -3.01. The highest BCUT2D eigenvalue weighted by Gasteiger charge is 2.00. The molecule has 0 radical (unpaired) electrons. The van der Waals surface area contributed by atoms with Crippen molar-refractivity contribution in [3.05, 3.63) is 11.5 Å². The Kier molecular flexibility index (Phi) is 11.3. The molecule has 0 aliphatic carbocycles. The first-order valence-corrected chi connectivity index (χ1v) is 9.02. The Bertz CT molecular complexity index is 286. The third kappa shape index (κ3) is 12.4. The second-order valence-corrected chi connectivity index (χ2v) is 7.32. The highest BCUT2D eigenvalue weighted by molar-refractivity contribution is 9.10. The van der Waals surface area contributed by atoms with Gasteiger partial charge in [-0.15, -0.1) is 0 Å². The minimum Gasteiger partial charge on any atom is -0.396 e. The van der Waals surface area contributed by atoms with Crippen molar-refractivity contribution in [2.75, 3.05) is 11.3 Å². The highest BCUT2D eigenvalue weighted by atomic mass is 79.9. The number of sulfone groups is 1. The fourth-order valence-electron chi connectivity index (χ4n) is 1.51. The van der Waals surface area contributed by atoms with Crippen molar-refractivity contribution in [1.29, 1.82) is 0 Å². The maximum atomic E-state index is 11.1. The van der Waals surface area contributed by atoms with E-state index < -0.39 is 9.84 Å². The summed E-state index contributed by atoms with van der Waals surface area (Å²) in [6.07, 6.45) is 10.4. The normalized spacial score (nSPS) is 12.4. The van der Waals surface area contributed by atoms with Crippen molar-refractivity contribution in [2.45, 2.75) is 51.4 Å². The Balaban J connectivity index is 3.30. The summed E-state index contributed by atoms with van der Waals surface area (Å²) < 4.78 is 22.2. The van der Waals surface area contributed by atoms with Crippen LogP contribution < -0.4 is 0 Å². The van der Waals surface area contributed by atoms with Gasteiger partial charge >= 0.3 is 0 Å². The zero-order chi connectivity index (χ0) is 13.0. The van der Waals surface area contributed by atoms with Crippen LogP contribution in [0, 0.1) is 0 Å². The van der Waals surface area contributed by atoms with Gasteiger partial charge in [0.2, 0.25) is 0 Å². The lowest BCUT2D eigenvalue weighted by molar-refractivity contribution is 0.282. The molecule has 0 unspecified atom stereocenters. The van der Waals surface area contributed by atoms with Gasteiger partial charge in [0.15, 0.2) is 9.84 Å². The minimum absolute atomic E-state index is 0.00135. The number of aliphatic hydroxyl groups is 1. The molecule has 0 spiro atoms. The Morgan fingerprint density at radius 1 is 0.941 bits per heavy atom. The molecule has 0 fully saturated rings. The highest BCUT2D eigenvalue weighted by Crippen LogP contribution is 2.09. The standard InChI is InChI=1S/C12H23BrO3S/c13-12-17(15,16)11-9-7-5-3-1-2-4-6-8-10-14/h9,11,14H,1-8,10,12H2. The summed E-state index contributed by atoms with van der Waals surface area (Å²) in [6.45, 7) is 0.298. The third-order valence-electron chi connectivity index (χ3n) is 2.48. The van der Waals surface area contributed by atoms with E-state index in [0.29, 0.717) is 6.61 Å². The van der Waals surface area contributed by atoms with E-state index in [1.54, 1.807) is 6.08 Å². The van der Waals surface area contributed by atoms with Gasteiger partial charge in [-0.25, -0.2) is 8.42 Å². The van der Waals surface area contributed by atoms with Crippen molar-refractivity contribution < 1.29 is 13.5 Å². The van der Waals surface area contributed by atoms with Crippen molar-refractivity contribution in [3.8, 4) is 0 Å². The molecule has 0 aliphatic rings. The van der Waals surface area contributed by atoms with E-state index in [4.69, 9.17) is 5.11 Å². The van der Waals surface area contributed by atoms with E-state index in [2.05, 4.69) is 15.9 Å². The van der Waals surface area contributed by atoms with Gasteiger partial charge in [0, 0.05) is 12.0 Å². The van der Waals surface area contributed by atoms with E-state index in [1.165, 1.54) is 24.7 Å². The van der Waals surface area contributed by atoms with Crippen molar-refractivity contribution in [1.82, 2.24) is 0 Å². The van der Waals surface area contributed by atoms with Gasteiger partial charge in [0.05, 0.1) is 0 Å². The molecule has 0 atom stereocenters. The Morgan fingerprint density at radius 3 is 2.00 bits per heavy atom. The predicted octanol–water partition coefficient (Wildman–Crippen LogP) is 3.38. The molecule has 17 heavy (non-hydrogen) atoms. The molecule has 0 amide bonds. The molecule has 3 nitrogen and oxygen atoms in total. The van der Waals surface area contributed by atoms with Gasteiger partial charge in [0.25, 0.3) is 0 Å². The number of halogens is 1. The van der Waals surface area contributed by atoms with E-state index in [-0.39, 0.29) is 4.66 Å². The molecule has 1 N–H and O–H groups in total. The van der Waals surface area contributed by atoms with Gasteiger partial charge in [-0.2, -0.15) is 0 Å². The molecule has 0 saturated heterocycles. The Hall–Kier alpha value is 0.130. The second kappa shape index (κ2) is 11.2.